The molecule has 12 heavy (non-hydrogen) atoms. The van der Waals surface area contributed by atoms with E-state index in [9.17, 15) is 14.6 Å². The Morgan fingerprint density at radius 1 is 1.42 bits per heavy atom. The number of urea groups is 1. The van der Waals surface area contributed by atoms with Crippen LogP contribution in [0.5, 0.6) is 0 Å². The first kappa shape index (κ1) is 10.1. The average Bonchev–Trinajstić information content (AvgIpc) is 2.12. The molecule has 0 radical (unpaired) electrons. The Labute approximate surface area is 66.3 Å². The molecular weight excluding hydrogens is 168 g/mol. The van der Waals surface area contributed by atoms with Gasteiger partial charge < -0.3 is 0 Å². The predicted molar refractivity (Wildman–Crippen MR) is 38.4 cm³/mol. The lowest BCUT2D eigenvalue weighted by molar-refractivity contribution is 0.216. The zero-order chi connectivity index (χ0) is 9.56. The van der Waals surface area contributed by atoms with Gasteiger partial charge in [-0.15, -0.1) is 9.81 Å². The lowest BCUT2D eigenvalue weighted by atomic mass is 10.7. The Bertz CT molecular complexity index is 214. The quantitative estimate of drug-likeness (QED) is 0.219. The Kier molecular flexibility index (Phi) is 4.11. The number of hydrazine groups is 2. The second-order valence-electron chi connectivity index (χ2n) is 1.53. The van der Waals surface area contributed by atoms with E-state index < -0.39 is 11.9 Å². The van der Waals surface area contributed by atoms with Crippen molar-refractivity contribution >= 4 is 6.03 Å². The van der Waals surface area contributed by atoms with Crippen LogP contribution >= 0.6 is 0 Å². The van der Waals surface area contributed by atoms with Crippen LogP contribution in [0.2, 0.25) is 0 Å². The van der Waals surface area contributed by atoms with Gasteiger partial charge in [0.2, 0.25) is 0 Å². The minimum absolute atomic E-state index is 0.359. The van der Waals surface area contributed by atoms with Crippen LogP contribution in [-0.4, -0.2) is 11.0 Å². The maximum atomic E-state index is 10.5. The van der Waals surface area contributed by atoms with Crippen molar-refractivity contribution in [2.45, 2.75) is 0 Å². The van der Waals surface area contributed by atoms with Gasteiger partial charge in [0.05, 0.1) is 6.20 Å². The summed E-state index contributed by atoms with van der Waals surface area (Å²) in [6, 6.07) is -0.917. The molecule has 0 heterocycles. The Morgan fingerprint density at radius 2 is 1.92 bits per heavy atom. The van der Waals surface area contributed by atoms with Gasteiger partial charge in [-0.3, -0.25) is 5.43 Å². The topological polar surface area (TPSA) is 143 Å². The molecular formula is C3H6N6O3. The van der Waals surface area contributed by atoms with Crippen molar-refractivity contribution in [3.05, 3.63) is 21.8 Å². The van der Waals surface area contributed by atoms with Crippen LogP contribution in [0, 0.1) is 9.81 Å². The minimum Gasteiger partial charge on any atom is -0.274 e. The highest BCUT2D eigenvalue weighted by Gasteiger charge is 2.06. The molecule has 0 aromatic heterocycles. The Balaban J connectivity index is 4.39. The number of hydrogen-bond donors (Lipinski definition) is 3. The molecule has 0 bridgehead atoms. The fourth-order valence-corrected chi connectivity index (χ4v) is 0.321. The third kappa shape index (κ3) is 2.81. The van der Waals surface area contributed by atoms with Crippen molar-refractivity contribution in [1.29, 1.82) is 0 Å². The van der Waals surface area contributed by atoms with Crippen LogP contribution in [-0.2, 0) is 0 Å². The van der Waals surface area contributed by atoms with Crippen molar-refractivity contribution in [2.24, 2.45) is 22.0 Å². The predicted octanol–water partition coefficient (Wildman–Crippen LogP) is -0.923. The number of nitrogens with zero attached hydrogens (tertiary/aromatic N) is 3. The third-order valence-electron chi connectivity index (χ3n) is 0.800. The van der Waals surface area contributed by atoms with Crippen molar-refractivity contribution in [2.75, 3.05) is 0 Å². The summed E-state index contributed by atoms with van der Waals surface area (Å²) < 4.78 is 0. The smallest absolute Gasteiger partial charge is 0.274 e. The second kappa shape index (κ2) is 4.87. The first-order valence-electron chi connectivity index (χ1n) is 2.58. The minimum atomic E-state index is -0.917. The van der Waals surface area contributed by atoms with Gasteiger partial charge in [-0.05, 0) is 10.4 Å². The molecule has 0 unspecified atom stereocenters. The number of nitrogens with one attached hydrogen (secondary N) is 1. The van der Waals surface area contributed by atoms with E-state index in [4.69, 9.17) is 5.84 Å². The number of rotatable bonds is 3. The molecule has 2 amide bonds. The highest BCUT2D eigenvalue weighted by atomic mass is 16.3. The van der Waals surface area contributed by atoms with E-state index in [-0.39, 0.29) is 0 Å². The molecule has 0 aromatic carbocycles. The largest absolute Gasteiger partial charge is 0.349 e. The lowest BCUT2D eigenvalue weighted by Gasteiger charge is -2.08. The van der Waals surface area contributed by atoms with E-state index in [0.29, 0.717) is 11.2 Å². The summed E-state index contributed by atoms with van der Waals surface area (Å²) in [7, 11) is 0. The van der Waals surface area contributed by atoms with E-state index in [1.54, 1.807) is 5.43 Å². The van der Waals surface area contributed by atoms with Crippen LogP contribution in [0.25, 0.3) is 0 Å². The van der Waals surface area contributed by atoms with E-state index in [1.165, 1.54) is 0 Å². The molecule has 0 aromatic rings. The third-order valence-corrected chi connectivity index (χ3v) is 0.800. The van der Waals surface area contributed by atoms with Gasteiger partial charge in [0.25, 0.3) is 5.82 Å². The molecule has 0 aliphatic carbocycles. The normalized spacial score (nSPS) is 8.17. The molecule has 66 valence electrons. The maximum Gasteiger partial charge on any atom is 0.349 e. The van der Waals surface area contributed by atoms with Crippen molar-refractivity contribution in [1.82, 2.24) is 10.4 Å². The number of hydrogen-bond acceptors (Lipinski definition) is 7. The van der Waals surface area contributed by atoms with Crippen LogP contribution in [0.3, 0.4) is 0 Å². The highest BCUT2D eigenvalue weighted by molar-refractivity contribution is 5.73. The van der Waals surface area contributed by atoms with Gasteiger partial charge in [-0.2, -0.15) is 0 Å². The first-order chi connectivity index (χ1) is 5.65. The van der Waals surface area contributed by atoms with E-state index in [1.807, 2.05) is 0 Å². The summed E-state index contributed by atoms with van der Waals surface area (Å²) in [4.78, 5) is 30.0. The summed E-state index contributed by atoms with van der Waals surface area (Å²) in [6.45, 7) is 0. The highest BCUT2D eigenvalue weighted by Crippen LogP contribution is 1.97. The molecule has 0 aliphatic rings. The average molecular weight is 174 g/mol. The number of amides is 2. The van der Waals surface area contributed by atoms with Crippen LogP contribution in [0.15, 0.2) is 22.4 Å². The van der Waals surface area contributed by atoms with Gasteiger partial charge in [0.1, 0.15) is 0 Å². The van der Waals surface area contributed by atoms with Crippen LogP contribution in [0.1, 0.15) is 0 Å². The van der Waals surface area contributed by atoms with Gasteiger partial charge in [0, 0.05) is 0 Å². The zero-order valence-corrected chi connectivity index (χ0v) is 5.80. The molecule has 0 aliphatic heterocycles. The van der Waals surface area contributed by atoms with Crippen molar-refractivity contribution in [3.8, 4) is 0 Å². The summed E-state index contributed by atoms with van der Waals surface area (Å²) in [6.07, 6.45) is 0.627. The van der Waals surface area contributed by atoms with Crippen LogP contribution < -0.4 is 17.1 Å². The van der Waals surface area contributed by atoms with Crippen molar-refractivity contribution < 1.29 is 4.79 Å². The van der Waals surface area contributed by atoms with Crippen LogP contribution in [0.4, 0.5) is 4.79 Å². The summed E-state index contributed by atoms with van der Waals surface area (Å²) in [5, 5.41) is 4.66. The number of carbonyl (C=O) groups is 1. The summed E-state index contributed by atoms with van der Waals surface area (Å²) in [5.41, 5.74) is 1.65. The number of carbonyl (C=O) groups excluding carboxylic acids is 1. The molecule has 5 N–H and O–H groups in total. The standard InChI is InChI=1S/C3H6N6O3/c4-6-3(10)9(5)1-2(7-11)8-12/h1H,4-5H2,(H,6,10). The number of nitrogens with two attached hydrogens (primary N) is 2. The summed E-state index contributed by atoms with van der Waals surface area (Å²) >= 11 is 0. The molecule has 0 atom stereocenters. The first-order valence-corrected chi connectivity index (χ1v) is 2.58. The zero-order valence-electron chi connectivity index (χ0n) is 5.80. The Morgan fingerprint density at radius 3 is 2.25 bits per heavy atom. The van der Waals surface area contributed by atoms with Crippen molar-refractivity contribution in [3.63, 3.8) is 0 Å². The second-order valence-corrected chi connectivity index (χ2v) is 1.53. The lowest BCUT2D eigenvalue weighted by Crippen LogP contribution is -2.44. The van der Waals surface area contributed by atoms with E-state index in [0.717, 1.165) is 0 Å². The maximum absolute atomic E-state index is 10.5. The fourth-order valence-electron chi connectivity index (χ4n) is 0.321. The molecule has 9 heteroatoms. The van der Waals surface area contributed by atoms with E-state index in [2.05, 4.69) is 16.2 Å². The molecule has 0 spiro atoms. The number of nitroso groups, excluding NO2 is 2. The van der Waals surface area contributed by atoms with E-state index >= 15 is 0 Å². The fraction of sp³-hybridized carbons (Fsp3) is 0. The van der Waals surface area contributed by atoms with Gasteiger partial charge in [0.15, 0.2) is 0 Å². The van der Waals surface area contributed by atoms with Gasteiger partial charge in [-0.1, -0.05) is 0 Å². The SMILES string of the molecule is NNC(=O)N(N)C=C(N=O)N=O. The molecule has 9 nitrogen and oxygen atoms in total. The Hall–Kier alpha value is -1.87. The molecule has 0 rings (SSSR count). The molecule has 0 saturated heterocycles. The monoisotopic (exact) mass is 174 g/mol. The van der Waals surface area contributed by atoms with Gasteiger partial charge in [-0.25, -0.2) is 21.5 Å². The molecule has 0 saturated carbocycles. The molecule has 0 fully saturated rings. The van der Waals surface area contributed by atoms with Gasteiger partial charge >= 0.3 is 6.03 Å². The summed E-state index contributed by atoms with van der Waals surface area (Å²) in [5.74, 6) is 8.85.